The molecule has 0 atom stereocenters. The van der Waals surface area contributed by atoms with Crippen molar-refractivity contribution in [1.82, 2.24) is 0 Å². The zero-order chi connectivity index (χ0) is 11.4. The third-order valence-electron chi connectivity index (χ3n) is 1.87. The molecular weight excluding hydrogens is 197 g/mol. The van der Waals surface area contributed by atoms with Gasteiger partial charge in [-0.05, 0) is 26.0 Å². The number of carbonyl (C=O) groups excluding carboxylic acids is 1. The highest BCUT2D eigenvalue weighted by Gasteiger charge is 2.13. The molecule has 0 bridgehead atoms. The Bertz CT molecular complexity index is 435. The van der Waals surface area contributed by atoms with E-state index in [2.05, 4.69) is 0 Å². The molecule has 0 saturated carbocycles. The molecule has 1 rings (SSSR count). The Morgan fingerprint density at radius 1 is 1.60 bits per heavy atom. The topological polar surface area (TPSA) is 50.1 Å². The lowest BCUT2D eigenvalue weighted by atomic mass is 10.1. The maximum Gasteiger partial charge on any atom is 0.182 e. The molecule has 0 aromatic heterocycles. The Kier molecular flexibility index (Phi) is 3.40. The summed E-state index contributed by atoms with van der Waals surface area (Å²) in [6.07, 6.45) is 0. The van der Waals surface area contributed by atoms with E-state index in [1.807, 2.05) is 0 Å². The van der Waals surface area contributed by atoms with E-state index in [4.69, 9.17) is 10.00 Å². The van der Waals surface area contributed by atoms with Gasteiger partial charge in [0.25, 0.3) is 0 Å². The van der Waals surface area contributed by atoms with Crippen LogP contribution in [0.2, 0.25) is 0 Å². The number of benzene rings is 1. The van der Waals surface area contributed by atoms with Gasteiger partial charge in [-0.25, -0.2) is 4.39 Å². The number of hydrogen-bond acceptors (Lipinski definition) is 3. The Morgan fingerprint density at radius 3 is 2.73 bits per heavy atom. The van der Waals surface area contributed by atoms with Gasteiger partial charge in [-0.2, -0.15) is 5.26 Å². The maximum absolute atomic E-state index is 13.4. The van der Waals surface area contributed by atoms with E-state index in [0.717, 1.165) is 0 Å². The molecule has 0 N–H and O–H groups in total. The molecule has 1 aromatic rings. The number of nitriles is 1. The van der Waals surface area contributed by atoms with Crippen molar-refractivity contribution in [2.45, 2.75) is 13.8 Å². The van der Waals surface area contributed by atoms with Crippen LogP contribution in [0.3, 0.4) is 0 Å². The van der Waals surface area contributed by atoms with Gasteiger partial charge >= 0.3 is 0 Å². The number of ether oxygens (including phenoxy) is 1. The maximum atomic E-state index is 13.4. The third kappa shape index (κ3) is 2.32. The first-order valence-electron chi connectivity index (χ1n) is 4.47. The van der Waals surface area contributed by atoms with Gasteiger partial charge in [-0.1, -0.05) is 0 Å². The van der Waals surface area contributed by atoms with E-state index in [9.17, 15) is 9.18 Å². The summed E-state index contributed by atoms with van der Waals surface area (Å²) in [5.41, 5.74) is 0.0996. The normalized spacial score (nSPS) is 9.47. The first kappa shape index (κ1) is 11.2. The zero-order valence-electron chi connectivity index (χ0n) is 8.50. The number of halogens is 1. The highest BCUT2D eigenvalue weighted by atomic mass is 19.1. The number of nitrogens with zero attached hydrogens (tertiary/aromatic N) is 1. The van der Waals surface area contributed by atoms with Crippen LogP contribution in [0.4, 0.5) is 4.39 Å². The minimum absolute atomic E-state index is 0.0539. The molecular formula is C11H10FNO2. The van der Waals surface area contributed by atoms with Gasteiger partial charge in [-0.3, -0.25) is 4.79 Å². The van der Waals surface area contributed by atoms with Crippen molar-refractivity contribution in [2.24, 2.45) is 0 Å². The molecule has 0 aliphatic carbocycles. The molecule has 15 heavy (non-hydrogen) atoms. The van der Waals surface area contributed by atoms with Crippen LogP contribution in [0.1, 0.15) is 29.8 Å². The number of carbonyl (C=O) groups is 1. The van der Waals surface area contributed by atoms with Crippen molar-refractivity contribution < 1.29 is 13.9 Å². The summed E-state index contributed by atoms with van der Waals surface area (Å²) in [5.74, 6) is -1.00. The second-order valence-corrected chi connectivity index (χ2v) is 2.94. The van der Waals surface area contributed by atoms with E-state index in [1.165, 1.54) is 19.1 Å². The second kappa shape index (κ2) is 4.56. The highest BCUT2D eigenvalue weighted by Crippen LogP contribution is 2.23. The van der Waals surface area contributed by atoms with Gasteiger partial charge in [0.2, 0.25) is 0 Å². The lowest BCUT2D eigenvalue weighted by Gasteiger charge is -2.07. The van der Waals surface area contributed by atoms with Crippen molar-refractivity contribution in [2.75, 3.05) is 6.61 Å². The summed E-state index contributed by atoms with van der Waals surface area (Å²) < 4.78 is 18.4. The molecule has 0 aliphatic rings. The van der Waals surface area contributed by atoms with Crippen LogP contribution in [-0.2, 0) is 0 Å². The van der Waals surface area contributed by atoms with Crippen molar-refractivity contribution in [1.29, 1.82) is 5.26 Å². The quantitative estimate of drug-likeness (QED) is 0.714. The minimum atomic E-state index is -0.718. The fourth-order valence-electron chi connectivity index (χ4n) is 1.14. The third-order valence-corrected chi connectivity index (χ3v) is 1.87. The predicted molar refractivity (Wildman–Crippen MR) is 52.3 cm³/mol. The fourth-order valence-corrected chi connectivity index (χ4v) is 1.14. The van der Waals surface area contributed by atoms with E-state index >= 15 is 0 Å². The summed E-state index contributed by atoms with van der Waals surface area (Å²) in [7, 11) is 0. The van der Waals surface area contributed by atoms with Crippen molar-refractivity contribution >= 4 is 5.78 Å². The molecule has 0 amide bonds. The molecule has 0 saturated heterocycles. The standard InChI is InChI=1S/C11H10FNO2/c1-3-15-10-5-8(7(2)14)4-9(6-13)11(10)12/h4-5H,3H2,1-2H3. The smallest absolute Gasteiger partial charge is 0.182 e. The van der Waals surface area contributed by atoms with E-state index in [1.54, 1.807) is 13.0 Å². The van der Waals surface area contributed by atoms with Gasteiger partial charge in [-0.15, -0.1) is 0 Å². The SMILES string of the molecule is CCOc1cc(C(C)=O)cc(C#N)c1F. The molecule has 0 heterocycles. The first-order valence-corrected chi connectivity index (χ1v) is 4.47. The molecule has 0 fully saturated rings. The lowest BCUT2D eigenvalue weighted by molar-refractivity contribution is 0.101. The Balaban J connectivity index is 3.33. The van der Waals surface area contributed by atoms with Crippen LogP contribution in [-0.4, -0.2) is 12.4 Å². The molecule has 4 heteroatoms. The van der Waals surface area contributed by atoms with Gasteiger partial charge in [0.15, 0.2) is 17.3 Å². The van der Waals surface area contributed by atoms with Crippen LogP contribution in [0.5, 0.6) is 5.75 Å². The van der Waals surface area contributed by atoms with E-state index in [-0.39, 0.29) is 29.3 Å². The van der Waals surface area contributed by atoms with Crippen LogP contribution >= 0.6 is 0 Å². The van der Waals surface area contributed by atoms with Crippen molar-refractivity contribution in [3.63, 3.8) is 0 Å². The Morgan fingerprint density at radius 2 is 2.27 bits per heavy atom. The Hall–Kier alpha value is -1.89. The number of rotatable bonds is 3. The highest BCUT2D eigenvalue weighted by molar-refractivity contribution is 5.94. The van der Waals surface area contributed by atoms with E-state index < -0.39 is 5.82 Å². The van der Waals surface area contributed by atoms with Crippen LogP contribution < -0.4 is 4.74 Å². The summed E-state index contributed by atoms with van der Waals surface area (Å²) >= 11 is 0. The molecule has 0 unspecified atom stereocenters. The average Bonchev–Trinajstić information content (AvgIpc) is 2.21. The van der Waals surface area contributed by atoms with Crippen molar-refractivity contribution in [3.05, 3.63) is 29.1 Å². The molecule has 0 radical (unpaired) electrons. The largest absolute Gasteiger partial charge is 0.491 e. The molecule has 1 aromatic carbocycles. The fraction of sp³-hybridized carbons (Fsp3) is 0.273. The zero-order valence-corrected chi connectivity index (χ0v) is 8.50. The van der Waals surface area contributed by atoms with Crippen LogP contribution in [0, 0.1) is 17.1 Å². The first-order chi connectivity index (χ1) is 7.10. The molecule has 0 aliphatic heterocycles. The van der Waals surface area contributed by atoms with Crippen molar-refractivity contribution in [3.8, 4) is 11.8 Å². The number of Topliss-reactive ketones (excluding diaryl/α,β-unsaturated/α-hetero) is 1. The second-order valence-electron chi connectivity index (χ2n) is 2.94. The van der Waals surface area contributed by atoms with E-state index in [0.29, 0.717) is 0 Å². The predicted octanol–water partition coefficient (Wildman–Crippen LogP) is 2.30. The summed E-state index contributed by atoms with van der Waals surface area (Å²) in [4.78, 5) is 11.1. The molecule has 78 valence electrons. The Labute approximate surface area is 87.1 Å². The lowest BCUT2D eigenvalue weighted by Crippen LogP contribution is -2.01. The van der Waals surface area contributed by atoms with Gasteiger partial charge < -0.3 is 4.74 Å². The summed E-state index contributed by atoms with van der Waals surface area (Å²) in [6.45, 7) is 3.33. The summed E-state index contributed by atoms with van der Waals surface area (Å²) in [5, 5.41) is 8.66. The van der Waals surface area contributed by atoms with Gasteiger partial charge in [0.1, 0.15) is 6.07 Å². The average molecular weight is 207 g/mol. The number of hydrogen-bond donors (Lipinski definition) is 0. The van der Waals surface area contributed by atoms with Crippen LogP contribution in [0.25, 0.3) is 0 Å². The number of ketones is 1. The molecule has 3 nitrogen and oxygen atoms in total. The monoisotopic (exact) mass is 207 g/mol. The van der Waals surface area contributed by atoms with Crippen LogP contribution in [0.15, 0.2) is 12.1 Å². The van der Waals surface area contributed by atoms with Gasteiger partial charge in [0.05, 0.1) is 12.2 Å². The molecule has 0 spiro atoms. The summed E-state index contributed by atoms with van der Waals surface area (Å²) in [6, 6.07) is 4.21. The van der Waals surface area contributed by atoms with Gasteiger partial charge in [0, 0.05) is 5.56 Å². The minimum Gasteiger partial charge on any atom is -0.491 e.